The van der Waals surface area contributed by atoms with E-state index in [2.05, 4.69) is 5.18 Å². The van der Waals surface area contributed by atoms with Crippen LogP contribution in [0.1, 0.15) is 96.3 Å². The Balaban J connectivity index is 2.17. The van der Waals surface area contributed by atoms with Crippen LogP contribution in [0.3, 0.4) is 0 Å². The first kappa shape index (κ1) is 15.7. The lowest BCUT2D eigenvalue weighted by Crippen LogP contribution is -2.03. The normalized spacial score (nSPS) is 23.6. The molecule has 1 fully saturated rings. The average Bonchev–Trinajstić information content (AvgIpc) is 2.39. The largest absolute Gasteiger partial charge is 0.151 e. The van der Waals surface area contributed by atoms with Gasteiger partial charge in [0.2, 0.25) is 0 Å². The summed E-state index contributed by atoms with van der Waals surface area (Å²) in [5, 5.41) is 3.30. The van der Waals surface area contributed by atoms with Gasteiger partial charge in [-0.15, -0.1) is 0 Å². The van der Waals surface area contributed by atoms with E-state index in [1.54, 1.807) is 0 Å². The van der Waals surface area contributed by atoms with Crippen LogP contribution in [0, 0.1) is 4.91 Å². The molecule has 0 saturated heterocycles. The van der Waals surface area contributed by atoms with Crippen LogP contribution < -0.4 is 0 Å². The van der Waals surface area contributed by atoms with E-state index < -0.39 is 0 Å². The molecule has 0 N–H and O–H groups in total. The second kappa shape index (κ2) is 11.7. The lowest BCUT2D eigenvalue weighted by atomic mass is 9.99. The topological polar surface area (TPSA) is 29.4 Å². The molecule has 1 rings (SSSR count). The fourth-order valence-electron chi connectivity index (χ4n) is 2.95. The molecule has 2 nitrogen and oxygen atoms in total. The zero-order valence-corrected chi connectivity index (χ0v) is 12.0. The van der Waals surface area contributed by atoms with Gasteiger partial charge in [0.15, 0.2) is 0 Å². The molecular formula is C16H31NO. The summed E-state index contributed by atoms with van der Waals surface area (Å²) < 4.78 is 0. The van der Waals surface area contributed by atoms with E-state index in [9.17, 15) is 4.91 Å². The number of rotatable bonds is 1. The molecule has 1 aliphatic carbocycles. The number of hydrogen-bond acceptors (Lipinski definition) is 2. The maximum atomic E-state index is 10.8. The molecule has 0 aromatic heterocycles. The van der Waals surface area contributed by atoms with Crippen LogP contribution in [0.4, 0.5) is 0 Å². The summed E-state index contributed by atoms with van der Waals surface area (Å²) in [6.07, 6.45) is 19.7. The third kappa shape index (κ3) is 8.66. The molecule has 0 spiro atoms. The van der Waals surface area contributed by atoms with Crippen molar-refractivity contribution in [3.05, 3.63) is 4.91 Å². The maximum absolute atomic E-state index is 10.8. The predicted molar refractivity (Wildman–Crippen MR) is 78.8 cm³/mol. The lowest BCUT2D eigenvalue weighted by molar-refractivity contribution is 0.470. The van der Waals surface area contributed by atoms with Crippen molar-refractivity contribution >= 4 is 0 Å². The summed E-state index contributed by atoms with van der Waals surface area (Å²) in [6.45, 7) is 0. The SMILES string of the molecule is O=NC1CCCCCCCCCCCCCCC1. The Hall–Kier alpha value is -0.400. The Labute approximate surface area is 113 Å². The molecule has 2 heteroatoms. The van der Waals surface area contributed by atoms with E-state index in [4.69, 9.17) is 0 Å². The van der Waals surface area contributed by atoms with Gasteiger partial charge in [0.05, 0.1) is 6.04 Å². The Morgan fingerprint density at radius 3 is 1.06 bits per heavy atom. The van der Waals surface area contributed by atoms with E-state index in [0.29, 0.717) is 0 Å². The van der Waals surface area contributed by atoms with Crippen LogP contribution in [0.2, 0.25) is 0 Å². The molecule has 106 valence electrons. The molecule has 0 aromatic carbocycles. The Morgan fingerprint density at radius 1 is 0.500 bits per heavy atom. The molecule has 0 bridgehead atoms. The summed E-state index contributed by atoms with van der Waals surface area (Å²) in [5.74, 6) is 0. The van der Waals surface area contributed by atoms with Gasteiger partial charge >= 0.3 is 0 Å². The van der Waals surface area contributed by atoms with Gasteiger partial charge in [-0.2, -0.15) is 4.91 Å². The highest BCUT2D eigenvalue weighted by Gasteiger charge is 2.08. The summed E-state index contributed by atoms with van der Waals surface area (Å²) in [7, 11) is 0. The summed E-state index contributed by atoms with van der Waals surface area (Å²) in [6, 6.07) is 0.109. The van der Waals surface area contributed by atoms with E-state index in [1.807, 2.05) is 0 Å². The molecule has 0 radical (unpaired) electrons. The fraction of sp³-hybridized carbons (Fsp3) is 1.00. The van der Waals surface area contributed by atoms with E-state index in [0.717, 1.165) is 12.8 Å². The summed E-state index contributed by atoms with van der Waals surface area (Å²) in [4.78, 5) is 10.8. The van der Waals surface area contributed by atoms with E-state index in [1.165, 1.54) is 83.5 Å². The molecule has 0 heterocycles. The molecule has 18 heavy (non-hydrogen) atoms. The van der Waals surface area contributed by atoms with Crippen molar-refractivity contribution in [1.29, 1.82) is 0 Å². The van der Waals surface area contributed by atoms with E-state index in [-0.39, 0.29) is 6.04 Å². The van der Waals surface area contributed by atoms with Gasteiger partial charge in [0, 0.05) is 0 Å². The highest BCUT2D eigenvalue weighted by Crippen LogP contribution is 2.18. The van der Waals surface area contributed by atoms with Crippen LogP contribution in [0.15, 0.2) is 5.18 Å². The van der Waals surface area contributed by atoms with Crippen LogP contribution >= 0.6 is 0 Å². The standard InChI is InChI=1S/C16H31NO/c18-17-16-14-12-10-8-6-4-2-1-3-5-7-9-11-13-15-16/h16H,1-15H2. The highest BCUT2D eigenvalue weighted by atomic mass is 16.3. The van der Waals surface area contributed by atoms with Crippen molar-refractivity contribution in [1.82, 2.24) is 0 Å². The first-order valence-electron chi connectivity index (χ1n) is 8.26. The van der Waals surface area contributed by atoms with Gasteiger partial charge in [-0.05, 0) is 12.8 Å². The fourth-order valence-corrected chi connectivity index (χ4v) is 2.95. The van der Waals surface area contributed by atoms with Crippen molar-refractivity contribution in [3.63, 3.8) is 0 Å². The average molecular weight is 253 g/mol. The van der Waals surface area contributed by atoms with Gasteiger partial charge in [-0.25, -0.2) is 0 Å². The molecular weight excluding hydrogens is 222 g/mol. The lowest BCUT2D eigenvalue weighted by Gasteiger charge is -2.09. The molecule has 1 aliphatic rings. The molecule has 0 amide bonds. The highest BCUT2D eigenvalue weighted by molar-refractivity contribution is 4.66. The van der Waals surface area contributed by atoms with Crippen LogP contribution in [-0.4, -0.2) is 6.04 Å². The first-order valence-corrected chi connectivity index (χ1v) is 8.26. The van der Waals surface area contributed by atoms with Gasteiger partial charge < -0.3 is 0 Å². The van der Waals surface area contributed by atoms with Crippen molar-refractivity contribution in [2.75, 3.05) is 0 Å². The van der Waals surface area contributed by atoms with Crippen molar-refractivity contribution in [3.8, 4) is 0 Å². The minimum absolute atomic E-state index is 0.109. The second-order valence-electron chi connectivity index (χ2n) is 5.93. The minimum atomic E-state index is 0.109. The molecule has 0 aliphatic heterocycles. The van der Waals surface area contributed by atoms with Crippen molar-refractivity contribution < 1.29 is 0 Å². The second-order valence-corrected chi connectivity index (χ2v) is 5.93. The third-order valence-electron chi connectivity index (χ3n) is 4.22. The molecule has 1 saturated carbocycles. The number of nitrogens with zero attached hydrogens (tertiary/aromatic N) is 1. The Kier molecular flexibility index (Phi) is 10.2. The van der Waals surface area contributed by atoms with Gasteiger partial charge in [0.1, 0.15) is 0 Å². The Bertz CT molecular complexity index is 178. The Morgan fingerprint density at radius 2 is 0.778 bits per heavy atom. The van der Waals surface area contributed by atoms with Gasteiger partial charge in [0.25, 0.3) is 0 Å². The monoisotopic (exact) mass is 253 g/mol. The zero-order chi connectivity index (χ0) is 12.9. The predicted octanol–water partition coefficient (Wildman–Crippen LogP) is 5.99. The van der Waals surface area contributed by atoms with Gasteiger partial charge in [-0.1, -0.05) is 88.6 Å². The third-order valence-corrected chi connectivity index (χ3v) is 4.22. The van der Waals surface area contributed by atoms with Crippen molar-refractivity contribution in [2.45, 2.75) is 102 Å². The van der Waals surface area contributed by atoms with E-state index >= 15 is 0 Å². The molecule has 0 unspecified atom stereocenters. The van der Waals surface area contributed by atoms with Gasteiger partial charge in [-0.3, -0.25) is 0 Å². The smallest absolute Gasteiger partial charge is 0.0919 e. The van der Waals surface area contributed by atoms with Crippen LogP contribution in [0.25, 0.3) is 0 Å². The van der Waals surface area contributed by atoms with Crippen molar-refractivity contribution in [2.24, 2.45) is 5.18 Å². The number of nitroso groups, excluding NO2 is 1. The van der Waals surface area contributed by atoms with Crippen LogP contribution in [0.5, 0.6) is 0 Å². The minimum Gasteiger partial charge on any atom is -0.151 e. The summed E-state index contributed by atoms with van der Waals surface area (Å²) >= 11 is 0. The number of hydrogen-bond donors (Lipinski definition) is 0. The molecule has 0 atom stereocenters. The van der Waals surface area contributed by atoms with Crippen LogP contribution in [-0.2, 0) is 0 Å². The maximum Gasteiger partial charge on any atom is 0.0919 e. The quantitative estimate of drug-likeness (QED) is 0.528. The summed E-state index contributed by atoms with van der Waals surface area (Å²) in [5.41, 5.74) is 0. The first-order chi connectivity index (χ1) is 8.93. The molecule has 0 aromatic rings. The zero-order valence-electron chi connectivity index (χ0n) is 12.0.